The first kappa shape index (κ1) is 12.9. The smallest absolute Gasteiger partial charge is 0.339 e. The maximum Gasteiger partial charge on any atom is 0.339 e. The summed E-state index contributed by atoms with van der Waals surface area (Å²) in [4.78, 5) is 15.6. The number of hydrogen-bond acceptors (Lipinski definition) is 4. The predicted octanol–water partition coefficient (Wildman–Crippen LogP) is 2.27. The predicted molar refractivity (Wildman–Crippen MR) is 75.9 cm³/mol. The Hall–Kier alpha value is -2.11. The normalized spacial score (nSPS) is 16.9. The van der Waals surface area contributed by atoms with Crippen LogP contribution in [0.25, 0.3) is 11.0 Å². The molecule has 0 atom stereocenters. The molecule has 2 N–H and O–H groups in total. The third-order valence-electron chi connectivity index (χ3n) is 4.25. The quantitative estimate of drug-likeness (QED) is 0.894. The number of aromatic nitrogens is 3. The second-order valence-electron chi connectivity index (χ2n) is 5.88. The van der Waals surface area contributed by atoms with Gasteiger partial charge in [0.15, 0.2) is 5.65 Å². The average Bonchev–Trinajstić information content (AvgIpc) is 2.75. The Morgan fingerprint density at radius 2 is 2.25 bits per heavy atom. The lowest BCUT2D eigenvalue weighted by Gasteiger charge is -2.38. The van der Waals surface area contributed by atoms with Crippen molar-refractivity contribution in [3.05, 3.63) is 18.0 Å². The Labute approximate surface area is 116 Å². The molecule has 1 aliphatic carbocycles. The van der Waals surface area contributed by atoms with E-state index >= 15 is 0 Å². The zero-order valence-corrected chi connectivity index (χ0v) is 11.7. The van der Waals surface area contributed by atoms with Gasteiger partial charge in [0.1, 0.15) is 5.56 Å². The van der Waals surface area contributed by atoms with Crippen molar-refractivity contribution in [2.75, 3.05) is 11.9 Å². The molecule has 0 unspecified atom stereocenters. The van der Waals surface area contributed by atoms with Crippen molar-refractivity contribution in [1.29, 1.82) is 0 Å². The Morgan fingerprint density at radius 3 is 2.85 bits per heavy atom. The average molecular weight is 274 g/mol. The molecule has 0 saturated heterocycles. The Kier molecular flexibility index (Phi) is 2.88. The second-order valence-corrected chi connectivity index (χ2v) is 5.88. The van der Waals surface area contributed by atoms with Crippen LogP contribution >= 0.6 is 0 Å². The van der Waals surface area contributed by atoms with E-state index in [0.29, 0.717) is 11.3 Å². The van der Waals surface area contributed by atoms with Gasteiger partial charge < -0.3 is 10.4 Å². The van der Waals surface area contributed by atoms with Gasteiger partial charge in [-0.1, -0.05) is 13.3 Å². The van der Waals surface area contributed by atoms with Gasteiger partial charge in [-0.2, -0.15) is 5.10 Å². The number of anilines is 1. The van der Waals surface area contributed by atoms with Gasteiger partial charge >= 0.3 is 5.97 Å². The molecule has 0 spiro atoms. The molecule has 20 heavy (non-hydrogen) atoms. The molecular formula is C14H18N4O2. The van der Waals surface area contributed by atoms with E-state index in [-0.39, 0.29) is 11.0 Å². The van der Waals surface area contributed by atoms with Crippen LogP contribution in [0.5, 0.6) is 0 Å². The highest BCUT2D eigenvalue weighted by molar-refractivity contribution is 6.03. The third kappa shape index (κ3) is 2.01. The molecule has 6 nitrogen and oxygen atoms in total. The molecule has 2 aromatic heterocycles. The number of pyridine rings is 1. The van der Waals surface area contributed by atoms with Gasteiger partial charge in [0.2, 0.25) is 0 Å². The van der Waals surface area contributed by atoms with Crippen LogP contribution in [0, 0.1) is 5.41 Å². The first-order chi connectivity index (χ1) is 9.50. The Balaban J connectivity index is 2.00. The molecule has 0 radical (unpaired) electrons. The Bertz CT molecular complexity index is 673. The Morgan fingerprint density at radius 1 is 1.50 bits per heavy atom. The number of nitrogens with zero attached hydrogens (tertiary/aromatic N) is 3. The van der Waals surface area contributed by atoms with Crippen molar-refractivity contribution >= 4 is 22.7 Å². The first-order valence-electron chi connectivity index (χ1n) is 6.78. The number of aromatic carboxylic acids is 1. The van der Waals surface area contributed by atoms with Crippen LogP contribution in [-0.2, 0) is 7.05 Å². The summed E-state index contributed by atoms with van der Waals surface area (Å²) in [7, 11) is 1.80. The minimum Gasteiger partial charge on any atom is -0.478 e. The zero-order chi connectivity index (χ0) is 14.3. The summed E-state index contributed by atoms with van der Waals surface area (Å²) >= 11 is 0. The number of aryl methyl sites for hydroxylation is 1. The zero-order valence-electron chi connectivity index (χ0n) is 11.7. The summed E-state index contributed by atoms with van der Waals surface area (Å²) in [6.07, 6.45) is 6.69. The highest BCUT2D eigenvalue weighted by atomic mass is 16.4. The van der Waals surface area contributed by atoms with Crippen LogP contribution in [0.15, 0.2) is 12.4 Å². The molecule has 2 aromatic rings. The molecule has 106 valence electrons. The highest BCUT2D eigenvalue weighted by Gasteiger charge is 2.32. The number of hydrogen-bond donors (Lipinski definition) is 2. The summed E-state index contributed by atoms with van der Waals surface area (Å²) in [5.74, 6) is -0.968. The number of carboxylic acid groups (broad SMARTS) is 1. The standard InChI is InChI=1S/C14H18N4O2/c1-14(4-3-5-14)8-16-11-9-7-17-18(2)12(9)15-6-10(11)13(19)20/h6-7H,3-5,8H2,1-2H3,(H,15,16)(H,19,20). The number of carboxylic acids is 1. The molecule has 1 fully saturated rings. The largest absolute Gasteiger partial charge is 0.478 e. The molecule has 0 aromatic carbocycles. The van der Waals surface area contributed by atoms with Gasteiger partial charge in [-0.3, -0.25) is 4.68 Å². The summed E-state index contributed by atoms with van der Waals surface area (Å²) in [6, 6.07) is 0. The molecule has 1 saturated carbocycles. The van der Waals surface area contributed by atoms with Gasteiger partial charge in [0.25, 0.3) is 0 Å². The van der Waals surface area contributed by atoms with Gasteiger partial charge in [-0.15, -0.1) is 0 Å². The van der Waals surface area contributed by atoms with E-state index in [9.17, 15) is 9.90 Å². The first-order valence-corrected chi connectivity index (χ1v) is 6.78. The monoisotopic (exact) mass is 274 g/mol. The van der Waals surface area contributed by atoms with E-state index in [4.69, 9.17) is 0 Å². The number of carbonyl (C=O) groups is 1. The lowest BCUT2D eigenvalue weighted by molar-refractivity contribution is 0.0697. The van der Waals surface area contributed by atoms with Gasteiger partial charge in [0.05, 0.1) is 17.3 Å². The van der Waals surface area contributed by atoms with Crippen LogP contribution < -0.4 is 5.32 Å². The molecule has 2 heterocycles. The van der Waals surface area contributed by atoms with E-state index < -0.39 is 5.97 Å². The molecule has 6 heteroatoms. The van der Waals surface area contributed by atoms with Gasteiger partial charge in [-0.25, -0.2) is 9.78 Å². The highest BCUT2D eigenvalue weighted by Crippen LogP contribution is 2.40. The molecule has 3 rings (SSSR count). The minimum absolute atomic E-state index is 0.202. The van der Waals surface area contributed by atoms with Crippen LogP contribution in [0.4, 0.5) is 5.69 Å². The molecule has 0 bridgehead atoms. The maximum atomic E-state index is 11.4. The van der Waals surface area contributed by atoms with Crippen LogP contribution in [0.3, 0.4) is 0 Å². The van der Waals surface area contributed by atoms with Crippen LogP contribution in [-0.4, -0.2) is 32.4 Å². The lowest BCUT2D eigenvalue weighted by atomic mass is 9.70. The summed E-state index contributed by atoms with van der Waals surface area (Å²) in [6.45, 7) is 3.01. The lowest BCUT2D eigenvalue weighted by Crippen LogP contribution is -2.33. The maximum absolute atomic E-state index is 11.4. The molecular weight excluding hydrogens is 256 g/mol. The fraction of sp³-hybridized carbons (Fsp3) is 0.500. The molecule has 0 amide bonds. The summed E-state index contributed by atoms with van der Waals surface area (Å²) in [5, 5.41) is 17.6. The summed E-state index contributed by atoms with van der Waals surface area (Å²) in [5.41, 5.74) is 1.79. The van der Waals surface area contributed by atoms with Crippen molar-refractivity contribution in [2.45, 2.75) is 26.2 Å². The van der Waals surface area contributed by atoms with Crippen molar-refractivity contribution in [3.63, 3.8) is 0 Å². The third-order valence-corrected chi connectivity index (χ3v) is 4.25. The topological polar surface area (TPSA) is 80.0 Å². The molecule has 0 aliphatic heterocycles. The van der Waals surface area contributed by atoms with E-state index in [1.54, 1.807) is 17.9 Å². The van der Waals surface area contributed by atoms with E-state index in [1.165, 1.54) is 25.5 Å². The van der Waals surface area contributed by atoms with Crippen molar-refractivity contribution in [1.82, 2.24) is 14.8 Å². The van der Waals surface area contributed by atoms with Crippen molar-refractivity contribution in [2.24, 2.45) is 12.5 Å². The van der Waals surface area contributed by atoms with E-state index in [0.717, 1.165) is 11.9 Å². The number of nitrogens with one attached hydrogen (secondary N) is 1. The fourth-order valence-corrected chi connectivity index (χ4v) is 2.71. The number of fused-ring (bicyclic) bond motifs is 1. The SMILES string of the molecule is Cn1ncc2c(NCC3(C)CCC3)c(C(=O)O)cnc21. The van der Waals surface area contributed by atoms with Crippen molar-refractivity contribution < 1.29 is 9.90 Å². The molecule has 1 aliphatic rings. The van der Waals surface area contributed by atoms with Gasteiger partial charge in [0, 0.05) is 19.8 Å². The van der Waals surface area contributed by atoms with Crippen molar-refractivity contribution in [3.8, 4) is 0 Å². The van der Waals surface area contributed by atoms with E-state index in [1.807, 2.05) is 0 Å². The second kappa shape index (κ2) is 4.47. The number of rotatable bonds is 4. The minimum atomic E-state index is -0.968. The van der Waals surface area contributed by atoms with E-state index in [2.05, 4.69) is 22.3 Å². The van der Waals surface area contributed by atoms with Crippen LogP contribution in [0.2, 0.25) is 0 Å². The van der Waals surface area contributed by atoms with Gasteiger partial charge in [-0.05, 0) is 18.3 Å². The van der Waals surface area contributed by atoms with Crippen LogP contribution in [0.1, 0.15) is 36.5 Å². The summed E-state index contributed by atoms with van der Waals surface area (Å²) < 4.78 is 1.65. The fourth-order valence-electron chi connectivity index (χ4n) is 2.71.